The zero-order chi connectivity index (χ0) is 27.4. The number of ketones is 1. The predicted octanol–water partition coefficient (Wildman–Crippen LogP) is -2.25. The molecule has 0 bridgehead atoms. The second kappa shape index (κ2) is 15.1. The van der Waals surface area contributed by atoms with Gasteiger partial charge in [-0.2, -0.15) is 0 Å². The highest BCUT2D eigenvalue weighted by Gasteiger charge is 2.38. The summed E-state index contributed by atoms with van der Waals surface area (Å²) in [5, 5.41) is 21.8. The number of likely N-dealkylation sites (tertiary alicyclic amines) is 1. The summed E-state index contributed by atoms with van der Waals surface area (Å²) in [6.07, 6.45) is 1.88. The molecule has 0 aromatic carbocycles. The van der Waals surface area contributed by atoms with Crippen molar-refractivity contribution in [1.29, 1.82) is 0 Å². The van der Waals surface area contributed by atoms with Crippen LogP contribution in [-0.2, 0) is 24.0 Å². The van der Waals surface area contributed by atoms with Crippen molar-refractivity contribution < 1.29 is 34.2 Å². The van der Waals surface area contributed by atoms with Gasteiger partial charge in [-0.3, -0.25) is 38.8 Å². The zero-order valence-electron chi connectivity index (χ0n) is 22.1. The molecule has 2 saturated heterocycles. The number of piperidine rings is 1. The number of rotatable bonds is 10. The Morgan fingerprint density at radius 1 is 0.730 bits per heavy atom. The Kier molecular flexibility index (Phi) is 12.5. The van der Waals surface area contributed by atoms with Crippen LogP contribution in [0.3, 0.4) is 0 Å². The Morgan fingerprint density at radius 2 is 1.14 bits per heavy atom. The van der Waals surface area contributed by atoms with Crippen molar-refractivity contribution in [2.75, 3.05) is 98.7 Å². The second-order valence-electron chi connectivity index (χ2n) is 9.85. The van der Waals surface area contributed by atoms with Gasteiger partial charge in [-0.25, -0.2) is 0 Å². The number of carbonyl (C=O) groups excluding carboxylic acids is 3. The van der Waals surface area contributed by atoms with Crippen molar-refractivity contribution in [3.05, 3.63) is 0 Å². The molecule has 2 heterocycles. The molecule has 0 atom stereocenters. The number of Topliss-reactive ketones (excluding diaryl/α,β-unsaturated/α-hetero) is 1. The van der Waals surface area contributed by atoms with Crippen molar-refractivity contribution in [2.24, 2.45) is 0 Å². The number of nitrogens with one attached hydrogen (secondary N) is 1. The molecule has 0 spiro atoms. The van der Waals surface area contributed by atoms with Crippen LogP contribution < -0.4 is 5.32 Å². The van der Waals surface area contributed by atoms with Gasteiger partial charge in [0.1, 0.15) is 12.1 Å². The third-order valence-electron chi connectivity index (χ3n) is 7.46. The summed E-state index contributed by atoms with van der Waals surface area (Å²) < 4.78 is 0. The maximum atomic E-state index is 13.2. The second-order valence-corrected chi connectivity index (χ2v) is 9.85. The van der Waals surface area contributed by atoms with Gasteiger partial charge < -0.3 is 25.2 Å². The van der Waals surface area contributed by atoms with Gasteiger partial charge in [0, 0.05) is 65.4 Å². The number of carbonyl (C=O) groups is 5. The van der Waals surface area contributed by atoms with E-state index in [2.05, 4.69) is 5.32 Å². The van der Waals surface area contributed by atoms with Gasteiger partial charge in [-0.05, 0) is 26.8 Å². The molecule has 210 valence electrons. The highest BCUT2D eigenvalue weighted by Crippen LogP contribution is 2.23. The first-order valence-electron chi connectivity index (χ1n) is 12.8. The number of hydrogen-bond donors (Lipinski definition) is 3. The van der Waals surface area contributed by atoms with E-state index in [9.17, 15) is 34.2 Å². The van der Waals surface area contributed by atoms with Gasteiger partial charge in [-0.1, -0.05) is 0 Å². The van der Waals surface area contributed by atoms with Crippen LogP contribution in [0.25, 0.3) is 0 Å². The van der Waals surface area contributed by atoms with Crippen molar-refractivity contribution in [2.45, 2.75) is 25.3 Å². The lowest BCUT2D eigenvalue weighted by molar-refractivity contribution is -0.139. The van der Waals surface area contributed by atoms with E-state index in [0.717, 1.165) is 6.29 Å². The summed E-state index contributed by atoms with van der Waals surface area (Å²) in [5.74, 6) is -1.90. The van der Waals surface area contributed by atoms with Crippen LogP contribution in [-0.4, -0.2) is 169 Å². The molecule has 2 aliphatic rings. The molecular formula is C24H42N6O7. The number of amides is 1. The zero-order valence-corrected chi connectivity index (χ0v) is 22.1. The first-order chi connectivity index (χ1) is 17.6. The van der Waals surface area contributed by atoms with Crippen molar-refractivity contribution in [1.82, 2.24) is 29.8 Å². The molecule has 37 heavy (non-hydrogen) atoms. The molecule has 3 N–H and O–H groups in total. The monoisotopic (exact) mass is 526 g/mol. The highest BCUT2D eigenvalue weighted by atomic mass is 16.4. The standard InChI is InChI=1S/C24H42N6O7/c1-20(32)24(25-2)3-5-30(6-4-24)21(33)17-27-11-13-28(18-22(34)35)9-7-26(15-16-31)8-10-29(14-12-27)19-23(36)37/h16,25H,3-15,17-19H2,1-2H3,(H,34,35)(H,36,37). The first kappa shape index (κ1) is 30.8. The van der Waals surface area contributed by atoms with Crippen LogP contribution in [0.1, 0.15) is 19.8 Å². The van der Waals surface area contributed by atoms with Crippen LogP contribution in [0.4, 0.5) is 0 Å². The summed E-state index contributed by atoms with van der Waals surface area (Å²) in [6, 6.07) is 0. The largest absolute Gasteiger partial charge is 0.480 e. The molecule has 0 aromatic rings. The minimum absolute atomic E-state index is 0.0629. The molecule has 0 aliphatic carbocycles. The third-order valence-corrected chi connectivity index (χ3v) is 7.46. The average Bonchev–Trinajstić information content (AvgIpc) is 2.84. The number of carboxylic acids is 2. The maximum Gasteiger partial charge on any atom is 0.317 e. The number of nitrogens with zero attached hydrogens (tertiary/aromatic N) is 5. The third kappa shape index (κ3) is 10.1. The fourth-order valence-corrected chi connectivity index (χ4v) is 4.93. The molecule has 2 rings (SSSR count). The van der Waals surface area contributed by atoms with Crippen molar-refractivity contribution >= 4 is 29.9 Å². The van der Waals surface area contributed by atoms with E-state index in [1.54, 1.807) is 28.7 Å². The van der Waals surface area contributed by atoms with Crippen LogP contribution in [0.2, 0.25) is 0 Å². The number of carboxylic acid groups (broad SMARTS) is 2. The highest BCUT2D eigenvalue weighted by molar-refractivity contribution is 5.87. The number of hydrogen-bond acceptors (Lipinski definition) is 10. The summed E-state index contributed by atoms with van der Waals surface area (Å²) in [7, 11) is 1.76. The normalized spacial score (nSPS) is 21.5. The summed E-state index contributed by atoms with van der Waals surface area (Å²) >= 11 is 0. The maximum absolute atomic E-state index is 13.2. The molecule has 0 unspecified atom stereocenters. The van der Waals surface area contributed by atoms with Crippen LogP contribution in [0.5, 0.6) is 0 Å². The predicted molar refractivity (Wildman–Crippen MR) is 135 cm³/mol. The van der Waals surface area contributed by atoms with E-state index in [1.807, 2.05) is 9.80 Å². The number of aldehydes is 1. The minimum atomic E-state index is -0.948. The van der Waals surface area contributed by atoms with Crippen molar-refractivity contribution in [3.63, 3.8) is 0 Å². The van der Waals surface area contributed by atoms with E-state index >= 15 is 0 Å². The summed E-state index contributed by atoms with van der Waals surface area (Å²) in [4.78, 5) is 68.4. The molecule has 0 radical (unpaired) electrons. The fraction of sp³-hybridized carbons (Fsp3) is 0.792. The smallest absolute Gasteiger partial charge is 0.317 e. The Labute approximate surface area is 218 Å². The molecule has 2 aliphatic heterocycles. The van der Waals surface area contributed by atoms with Crippen LogP contribution in [0.15, 0.2) is 0 Å². The lowest BCUT2D eigenvalue weighted by atomic mass is 9.84. The average molecular weight is 527 g/mol. The molecule has 1 amide bonds. The Morgan fingerprint density at radius 3 is 1.49 bits per heavy atom. The van der Waals surface area contributed by atoms with E-state index in [1.165, 1.54) is 0 Å². The number of aliphatic carboxylic acids is 2. The fourth-order valence-electron chi connectivity index (χ4n) is 4.93. The van der Waals surface area contributed by atoms with Crippen LogP contribution in [0, 0.1) is 0 Å². The van der Waals surface area contributed by atoms with E-state index in [-0.39, 0.29) is 37.9 Å². The van der Waals surface area contributed by atoms with Gasteiger partial charge in [0.2, 0.25) is 5.91 Å². The van der Waals surface area contributed by atoms with Gasteiger partial charge in [0.15, 0.2) is 0 Å². The molecular weight excluding hydrogens is 484 g/mol. The minimum Gasteiger partial charge on any atom is -0.480 e. The van der Waals surface area contributed by atoms with Crippen molar-refractivity contribution in [3.8, 4) is 0 Å². The number of likely N-dealkylation sites (N-methyl/N-ethyl adjacent to an activating group) is 1. The van der Waals surface area contributed by atoms with Gasteiger partial charge in [0.05, 0.1) is 31.7 Å². The summed E-state index contributed by atoms with van der Waals surface area (Å²) in [6.45, 7) is 6.06. The molecule has 13 heteroatoms. The SMILES string of the molecule is CNC1(C(C)=O)CCN(C(=O)CN2CCN(CC(=O)O)CCN(CC=O)CCN(CC(=O)O)CC2)CC1. The lowest BCUT2D eigenvalue weighted by Gasteiger charge is -2.40. The summed E-state index contributed by atoms with van der Waals surface area (Å²) in [5.41, 5.74) is -0.601. The van der Waals surface area contributed by atoms with Gasteiger partial charge in [0.25, 0.3) is 0 Å². The molecule has 0 aromatic heterocycles. The Balaban J connectivity index is 2.09. The van der Waals surface area contributed by atoms with Gasteiger partial charge >= 0.3 is 11.9 Å². The first-order valence-corrected chi connectivity index (χ1v) is 12.8. The van der Waals surface area contributed by atoms with E-state index in [4.69, 9.17) is 0 Å². The quantitative estimate of drug-likeness (QED) is 0.263. The van der Waals surface area contributed by atoms with Crippen LogP contribution >= 0.6 is 0 Å². The Hall–Kier alpha value is -2.45. The van der Waals surface area contributed by atoms with Gasteiger partial charge in [-0.15, -0.1) is 0 Å². The van der Waals surface area contributed by atoms with E-state index < -0.39 is 17.5 Å². The topological polar surface area (TPSA) is 154 Å². The molecule has 0 saturated carbocycles. The lowest BCUT2D eigenvalue weighted by Crippen LogP contribution is -2.58. The molecule has 2 fully saturated rings. The van der Waals surface area contributed by atoms with E-state index in [0.29, 0.717) is 78.3 Å². The molecule has 13 nitrogen and oxygen atoms in total. The Bertz CT molecular complexity index is 770.